The molecule has 0 aliphatic rings. The minimum absolute atomic E-state index is 0.0579. The summed E-state index contributed by atoms with van der Waals surface area (Å²) in [7, 11) is 0. The Morgan fingerprint density at radius 3 is 2.74 bits per heavy atom. The van der Waals surface area contributed by atoms with Gasteiger partial charge in [-0.3, -0.25) is 10.1 Å². The zero-order chi connectivity index (χ0) is 13.8. The van der Waals surface area contributed by atoms with Crippen molar-refractivity contribution in [3.8, 4) is 0 Å². The van der Waals surface area contributed by atoms with E-state index in [1.54, 1.807) is 0 Å². The summed E-state index contributed by atoms with van der Waals surface area (Å²) >= 11 is 4.73. The first-order valence-electron chi connectivity index (χ1n) is 5.15. The summed E-state index contributed by atoms with van der Waals surface area (Å²) in [5.74, 6) is 5.51. The smallest absolute Gasteiger partial charge is 0.275 e. The van der Waals surface area contributed by atoms with Crippen molar-refractivity contribution >= 4 is 39.2 Å². The molecular formula is C11H9BrN4O2S. The van der Waals surface area contributed by atoms with E-state index in [-0.39, 0.29) is 11.5 Å². The molecule has 8 heteroatoms. The molecule has 0 radical (unpaired) electrons. The minimum Gasteiger partial charge on any atom is -0.308 e. The van der Waals surface area contributed by atoms with Crippen LogP contribution in [0.3, 0.4) is 0 Å². The maximum Gasteiger partial charge on any atom is 0.275 e. The van der Waals surface area contributed by atoms with Gasteiger partial charge < -0.3 is 5.43 Å². The van der Waals surface area contributed by atoms with Gasteiger partial charge in [0.2, 0.25) is 0 Å². The van der Waals surface area contributed by atoms with E-state index < -0.39 is 4.92 Å². The topological polar surface area (TPSA) is 94.1 Å². The third kappa shape index (κ3) is 3.43. The number of nitrogen functional groups attached to an aromatic ring is 1. The number of nitrogens with two attached hydrogens (primary N) is 1. The molecule has 0 bridgehead atoms. The van der Waals surface area contributed by atoms with Gasteiger partial charge >= 0.3 is 0 Å². The number of halogens is 1. The van der Waals surface area contributed by atoms with Gasteiger partial charge in [0.15, 0.2) is 0 Å². The second-order valence-corrected chi connectivity index (χ2v) is 5.40. The third-order valence-corrected chi connectivity index (χ3v) is 4.14. The predicted molar refractivity (Wildman–Crippen MR) is 77.0 cm³/mol. The summed E-state index contributed by atoms with van der Waals surface area (Å²) in [6.45, 7) is 0. The van der Waals surface area contributed by atoms with Crippen molar-refractivity contribution in [2.45, 2.75) is 9.92 Å². The average molecular weight is 341 g/mol. The molecule has 1 aromatic heterocycles. The highest BCUT2D eigenvalue weighted by Gasteiger charge is 2.12. The van der Waals surface area contributed by atoms with Crippen molar-refractivity contribution in [1.82, 2.24) is 4.98 Å². The van der Waals surface area contributed by atoms with E-state index in [1.807, 2.05) is 24.3 Å². The van der Waals surface area contributed by atoms with Gasteiger partial charge in [-0.15, -0.1) is 0 Å². The van der Waals surface area contributed by atoms with E-state index in [4.69, 9.17) is 5.84 Å². The zero-order valence-electron chi connectivity index (χ0n) is 9.54. The van der Waals surface area contributed by atoms with Crippen molar-refractivity contribution < 1.29 is 4.92 Å². The molecule has 98 valence electrons. The van der Waals surface area contributed by atoms with Gasteiger partial charge in [-0.2, -0.15) is 0 Å². The Bertz CT molecular complexity index is 623. The van der Waals surface area contributed by atoms with Crippen LogP contribution in [0, 0.1) is 10.1 Å². The van der Waals surface area contributed by atoms with Crippen LogP contribution in [0.4, 0.5) is 11.5 Å². The number of hydrogen-bond acceptors (Lipinski definition) is 6. The number of rotatable bonds is 4. The van der Waals surface area contributed by atoms with Gasteiger partial charge in [0, 0.05) is 15.4 Å². The normalized spacial score (nSPS) is 10.2. The number of nitro groups is 1. The summed E-state index contributed by atoms with van der Waals surface area (Å²) < 4.78 is 0.899. The fraction of sp³-hybridized carbons (Fsp3) is 0. The van der Waals surface area contributed by atoms with E-state index >= 15 is 0 Å². The summed E-state index contributed by atoms with van der Waals surface area (Å²) in [6.07, 6.45) is 0. The third-order valence-electron chi connectivity index (χ3n) is 2.20. The first-order valence-corrected chi connectivity index (χ1v) is 6.76. The van der Waals surface area contributed by atoms with E-state index in [0.717, 1.165) is 9.37 Å². The van der Waals surface area contributed by atoms with Crippen LogP contribution in [0.1, 0.15) is 0 Å². The highest BCUT2D eigenvalue weighted by molar-refractivity contribution is 9.10. The molecule has 2 rings (SSSR count). The van der Waals surface area contributed by atoms with E-state index in [0.29, 0.717) is 5.03 Å². The molecule has 0 aliphatic heterocycles. The number of nitrogens with zero attached hydrogens (tertiary/aromatic N) is 2. The Morgan fingerprint density at radius 1 is 1.37 bits per heavy atom. The van der Waals surface area contributed by atoms with Crippen LogP contribution in [-0.4, -0.2) is 9.91 Å². The number of aromatic nitrogens is 1. The summed E-state index contributed by atoms with van der Waals surface area (Å²) in [5, 5.41) is 11.3. The summed E-state index contributed by atoms with van der Waals surface area (Å²) in [6, 6.07) is 10.2. The fourth-order valence-electron chi connectivity index (χ4n) is 1.36. The fourth-order valence-corrected chi connectivity index (χ4v) is 2.75. The summed E-state index contributed by atoms with van der Waals surface area (Å²) in [5.41, 5.74) is 2.26. The minimum atomic E-state index is -0.480. The largest absolute Gasteiger partial charge is 0.308 e. The number of nitrogens with one attached hydrogen (secondary N) is 1. The lowest BCUT2D eigenvalue weighted by Gasteiger charge is -2.05. The molecular weight excluding hydrogens is 332 g/mol. The van der Waals surface area contributed by atoms with Crippen molar-refractivity contribution in [2.24, 2.45) is 5.84 Å². The molecule has 0 saturated carbocycles. The van der Waals surface area contributed by atoms with Crippen LogP contribution in [0.15, 0.2) is 50.8 Å². The van der Waals surface area contributed by atoms with Crippen LogP contribution >= 0.6 is 27.7 Å². The first kappa shape index (κ1) is 13.8. The number of hydrazine groups is 1. The molecule has 1 aromatic carbocycles. The second kappa shape index (κ2) is 6.00. The van der Waals surface area contributed by atoms with Gasteiger partial charge in [-0.05, 0) is 28.1 Å². The van der Waals surface area contributed by atoms with Crippen molar-refractivity contribution in [2.75, 3.05) is 5.43 Å². The molecule has 0 aliphatic carbocycles. The Hall–Kier alpha value is -1.64. The first-order chi connectivity index (χ1) is 9.10. The highest BCUT2D eigenvalue weighted by Crippen LogP contribution is 2.34. The SMILES string of the molecule is NNc1cc([N+](=O)[O-])cc(Sc2ccccc2Br)n1. The molecule has 1 heterocycles. The molecule has 0 fully saturated rings. The monoisotopic (exact) mass is 340 g/mol. The maximum absolute atomic E-state index is 10.8. The van der Waals surface area contributed by atoms with Crippen LogP contribution in [-0.2, 0) is 0 Å². The number of pyridine rings is 1. The van der Waals surface area contributed by atoms with E-state index in [2.05, 4.69) is 26.3 Å². The number of hydrogen-bond donors (Lipinski definition) is 2. The molecule has 3 N–H and O–H groups in total. The highest BCUT2D eigenvalue weighted by atomic mass is 79.9. The van der Waals surface area contributed by atoms with Gasteiger partial charge in [0.05, 0.1) is 11.0 Å². The molecule has 2 aromatic rings. The average Bonchev–Trinajstić information content (AvgIpc) is 2.41. The van der Waals surface area contributed by atoms with Crippen molar-refractivity contribution in [3.63, 3.8) is 0 Å². The predicted octanol–water partition coefficient (Wildman–Crippen LogP) is 3.19. The lowest BCUT2D eigenvalue weighted by atomic mass is 10.4. The quantitative estimate of drug-likeness (QED) is 0.504. The number of anilines is 1. The molecule has 0 amide bonds. The van der Waals surface area contributed by atoms with Crippen LogP contribution < -0.4 is 11.3 Å². The Morgan fingerprint density at radius 2 is 2.11 bits per heavy atom. The molecule has 6 nitrogen and oxygen atoms in total. The summed E-state index contributed by atoms with van der Waals surface area (Å²) in [4.78, 5) is 15.4. The van der Waals surface area contributed by atoms with Gasteiger partial charge in [0.1, 0.15) is 10.8 Å². The van der Waals surface area contributed by atoms with Gasteiger partial charge in [-0.25, -0.2) is 10.8 Å². The maximum atomic E-state index is 10.8. The standard InChI is InChI=1S/C11H9BrN4O2S/c12-8-3-1-2-4-9(8)19-11-6-7(16(17)18)5-10(14-11)15-13/h1-6H,13H2,(H,14,15). The molecule has 19 heavy (non-hydrogen) atoms. The lowest BCUT2D eigenvalue weighted by molar-refractivity contribution is -0.385. The molecule has 0 saturated heterocycles. The van der Waals surface area contributed by atoms with Gasteiger partial charge in [-0.1, -0.05) is 23.9 Å². The van der Waals surface area contributed by atoms with Crippen molar-refractivity contribution in [1.29, 1.82) is 0 Å². The van der Waals surface area contributed by atoms with E-state index in [1.165, 1.54) is 23.9 Å². The zero-order valence-corrected chi connectivity index (χ0v) is 11.9. The molecule has 0 unspecified atom stereocenters. The Balaban J connectivity index is 2.37. The molecule has 0 spiro atoms. The Kier molecular flexibility index (Phi) is 4.35. The van der Waals surface area contributed by atoms with Crippen LogP contribution in [0.5, 0.6) is 0 Å². The second-order valence-electron chi connectivity index (χ2n) is 3.48. The molecule has 0 atom stereocenters. The van der Waals surface area contributed by atoms with Crippen LogP contribution in [0.2, 0.25) is 0 Å². The van der Waals surface area contributed by atoms with Crippen molar-refractivity contribution in [3.05, 3.63) is 51.0 Å². The van der Waals surface area contributed by atoms with Crippen LogP contribution in [0.25, 0.3) is 0 Å². The Labute approximate surface area is 121 Å². The van der Waals surface area contributed by atoms with E-state index in [9.17, 15) is 10.1 Å². The number of benzene rings is 1. The van der Waals surface area contributed by atoms with Gasteiger partial charge in [0.25, 0.3) is 5.69 Å². The lowest BCUT2D eigenvalue weighted by Crippen LogP contribution is -2.09.